The zero-order chi connectivity index (χ0) is 18.4. The number of H-pyrrole nitrogens is 1. The number of aromatic nitrogens is 3. The first-order chi connectivity index (χ1) is 13.2. The molecule has 0 saturated carbocycles. The summed E-state index contributed by atoms with van der Waals surface area (Å²) in [6.07, 6.45) is -0.944. The lowest BCUT2D eigenvalue weighted by atomic mass is 10.1. The van der Waals surface area contributed by atoms with Crippen LogP contribution >= 0.6 is 11.6 Å². The molecule has 4 heterocycles. The Balaban J connectivity index is 1.37. The molecule has 0 unspecified atom stereocenters. The highest BCUT2D eigenvalue weighted by Crippen LogP contribution is 2.30. The number of aliphatic hydroxyl groups excluding tert-OH is 1. The molecule has 7 nitrogen and oxygen atoms in total. The molecule has 2 aliphatic heterocycles. The molecule has 3 aromatic rings. The van der Waals surface area contributed by atoms with E-state index in [2.05, 4.69) is 15.0 Å². The molecular formula is C19H18ClN3O4. The molecule has 0 radical (unpaired) electrons. The standard InChI is InChI=1S/C19H18ClN3O4/c20-11-7-13-18(21-12(11)6-10-4-2-1-3-5-10)23-19(22-13)27-15-9-26-16-14(24)8-25-17(15)16/h1-5,7,14-17,24H,6,8-9H2,(H,21,22,23)/t14-,15-,16-,17-/m1/s1. The van der Waals surface area contributed by atoms with Crippen LogP contribution in [0.5, 0.6) is 6.01 Å². The molecular weight excluding hydrogens is 370 g/mol. The van der Waals surface area contributed by atoms with Crippen LogP contribution in [0.1, 0.15) is 11.3 Å². The van der Waals surface area contributed by atoms with Crippen LogP contribution in [-0.2, 0) is 15.9 Å². The summed E-state index contributed by atoms with van der Waals surface area (Å²) in [5.41, 5.74) is 3.14. The van der Waals surface area contributed by atoms with E-state index < -0.39 is 6.10 Å². The van der Waals surface area contributed by atoms with E-state index in [9.17, 15) is 5.11 Å². The van der Waals surface area contributed by atoms with E-state index in [0.29, 0.717) is 35.2 Å². The van der Waals surface area contributed by atoms with Gasteiger partial charge < -0.3 is 24.3 Å². The average molecular weight is 388 g/mol. The topological polar surface area (TPSA) is 89.5 Å². The van der Waals surface area contributed by atoms with Gasteiger partial charge in [0.2, 0.25) is 0 Å². The molecule has 0 aliphatic carbocycles. The van der Waals surface area contributed by atoms with Crippen LogP contribution in [-0.4, -0.2) is 57.7 Å². The van der Waals surface area contributed by atoms with Gasteiger partial charge in [0.15, 0.2) is 11.8 Å². The van der Waals surface area contributed by atoms with Crippen molar-refractivity contribution in [2.24, 2.45) is 0 Å². The number of aromatic amines is 1. The molecule has 2 N–H and O–H groups in total. The monoisotopic (exact) mass is 387 g/mol. The number of imidazole rings is 1. The van der Waals surface area contributed by atoms with Gasteiger partial charge in [0, 0.05) is 6.42 Å². The maximum Gasteiger partial charge on any atom is 0.296 e. The number of rotatable bonds is 4. The van der Waals surface area contributed by atoms with Crippen molar-refractivity contribution in [1.82, 2.24) is 15.0 Å². The number of nitrogens with one attached hydrogen (secondary N) is 1. The second kappa shape index (κ2) is 6.76. The van der Waals surface area contributed by atoms with Crippen LogP contribution in [0.3, 0.4) is 0 Å². The molecule has 2 aliphatic rings. The van der Waals surface area contributed by atoms with Crippen molar-refractivity contribution in [3.05, 3.63) is 52.7 Å². The van der Waals surface area contributed by atoms with Crippen molar-refractivity contribution in [1.29, 1.82) is 0 Å². The molecule has 2 aromatic heterocycles. The number of aliphatic hydroxyl groups is 1. The largest absolute Gasteiger partial charge is 0.456 e. The van der Waals surface area contributed by atoms with Gasteiger partial charge in [-0.15, -0.1) is 0 Å². The smallest absolute Gasteiger partial charge is 0.296 e. The Bertz CT molecular complexity index is 964. The van der Waals surface area contributed by atoms with E-state index in [4.69, 9.17) is 25.8 Å². The first kappa shape index (κ1) is 16.9. The number of hydrogen-bond acceptors (Lipinski definition) is 6. The second-order valence-electron chi connectivity index (χ2n) is 6.81. The first-order valence-corrected chi connectivity index (χ1v) is 9.22. The van der Waals surface area contributed by atoms with Crippen LogP contribution in [0.25, 0.3) is 11.2 Å². The average Bonchev–Trinajstić information content (AvgIpc) is 3.34. The summed E-state index contributed by atoms with van der Waals surface area (Å²) in [5.74, 6) is 0. The minimum Gasteiger partial charge on any atom is -0.456 e. The number of ether oxygens (including phenoxy) is 3. The van der Waals surface area contributed by atoms with Gasteiger partial charge in [-0.05, 0) is 11.6 Å². The molecule has 2 fully saturated rings. The molecule has 5 rings (SSSR count). The number of nitrogens with zero attached hydrogens (tertiary/aromatic N) is 2. The predicted molar refractivity (Wildman–Crippen MR) is 98.0 cm³/mol. The van der Waals surface area contributed by atoms with Gasteiger partial charge in [0.1, 0.15) is 18.3 Å². The molecule has 27 heavy (non-hydrogen) atoms. The fourth-order valence-electron chi connectivity index (χ4n) is 3.59. The van der Waals surface area contributed by atoms with Gasteiger partial charge in [0.05, 0.1) is 29.4 Å². The van der Waals surface area contributed by atoms with E-state index in [1.54, 1.807) is 0 Å². The molecule has 140 valence electrons. The Labute approximate surface area is 160 Å². The molecule has 0 spiro atoms. The van der Waals surface area contributed by atoms with Gasteiger partial charge >= 0.3 is 0 Å². The fourth-order valence-corrected chi connectivity index (χ4v) is 3.81. The quantitative estimate of drug-likeness (QED) is 0.712. The highest BCUT2D eigenvalue weighted by molar-refractivity contribution is 6.31. The van der Waals surface area contributed by atoms with Crippen molar-refractivity contribution in [3.8, 4) is 6.01 Å². The second-order valence-corrected chi connectivity index (χ2v) is 7.22. The van der Waals surface area contributed by atoms with Gasteiger partial charge in [0.25, 0.3) is 6.01 Å². The van der Waals surface area contributed by atoms with E-state index in [1.807, 2.05) is 36.4 Å². The summed E-state index contributed by atoms with van der Waals surface area (Å²) in [6.45, 7) is 0.603. The highest BCUT2D eigenvalue weighted by atomic mass is 35.5. The van der Waals surface area contributed by atoms with Crippen LogP contribution in [0.4, 0.5) is 0 Å². The first-order valence-electron chi connectivity index (χ1n) is 8.84. The Kier molecular flexibility index (Phi) is 4.24. The van der Waals surface area contributed by atoms with Gasteiger partial charge in [-0.3, -0.25) is 0 Å². The maximum absolute atomic E-state index is 9.83. The minimum absolute atomic E-state index is 0.259. The van der Waals surface area contributed by atoms with Gasteiger partial charge in [-0.1, -0.05) is 41.9 Å². The molecule has 2 saturated heterocycles. The third-order valence-corrected chi connectivity index (χ3v) is 5.26. The molecule has 1 aromatic carbocycles. The SMILES string of the molecule is O[C@@H]1CO[C@H]2[C@@H]1OC[C@H]2Oc1nc2nc(Cc3ccccc3)c(Cl)cc2[nH]1. The van der Waals surface area contributed by atoms with Crippen molar-refractivity contribution < 1.29 is 19.3 Å². The van der Waals surface area contributed by atoms with Crippen LogP contribution < -0.4 is 4.74 Å². The number of hydrogen-bond donors (Lipinski definition) is 2. The number of pyridine rings is 1. The molecule has 8 heteroatoms. The molecule has 0 bridgehead atoms. The predicted octanol–water partition coefficient (Wildman–Crippen LogP) is 2.11. The lowest BCUT2D eigenvalue weighted by molar-refractivity contribution is 0.00706. The Morgan fingerprint density at radius 3 is 2.81 bits per heavy atom. The summed E-state index contributed by atoms with van der Waals surface area (Å²) in [6, 6.07) is 12.2. The van der Waals surface area contributed by atoms with E-state index in [1.165, 1.54) is 0 Å². The summed E-state index contributed by atoms with van der Waals surface area (Å²) < 4.78 is 17.1. The third-order valence-electron chi connectivity index (χ3n) is 4.94. The van der Waals surface area contributed by atoms with Crippen LogP contribution in [0.15, 0.2) is 36.4 Å². The number of fused-ring (bicyclic) bond motifs is 2. The fraction of sp³-hybridized carbons (Fsp3) is 0.368. The van der Waals surface area contributed by atoms with E-state index in [0.717, 1.165) is 11.3 Å². The van der Waals surface area contributed by atoms with Crippen LogP contribution in [0.2, 0.25) is 5.02 Å². The Morgan fingerprint density at radius 1 is 1.15 bits per heavy atom. The zero-order valence-electron chi connectivity index (χ0n) is 14.3. The minimum atomic E-state index is -0.611. The van der Waals surface area contributed by atoms with Crippen molar-refractivity contribution in [2.75, 3.05) is 13.2 Å². The summed E-state index contributed by atoms with van der Waals surface area (Å²) >= 11 is 6.40. The summed E-state index contributed by atoms with van der Waals surface area (Å²) in [5, 5.41) is 10.4. The Hall–Kier alpha value is -2.19. The third kappa shape index (κ3) is 3.17. The zero-order valence-corrected chi connectivity index (χ0v) is 15.1. The highest BCUT2D eigenvalue weighted by Gasteiger charge is 2.48. The molecule has 4 atom stereocenters. The van der Waals surface area contributed by atoms with E-state index >= 15 is 0 Å². The Morgan fingerprint density at radius 2 is 1.96 bits per heavy atom. The number of halogens is 1. The van der Waals surface area contributed by atoms with Gasteiger partial charge in [-0.2, -0.15) is 4.98 Å². The lowest BCUT2D eigenvalue weighted by Crippen LogP contribution is -2.34. The maximum atomic E-state index is 9.83. The van der Waals surface area contributed by atoms with Crippen molar-refractivity contribution in [2.45, 2.75) is 30.8 Å². The van der Waals surface area contributed by atoms with Gasteiger partial charge in [-0.25, -0.2) is 4.98 Å². The summed E-state index contributed by atoms with van der Waals surface area (Å²) in [4.78, 5) is 12.1. The normalized spacial score (nSPS) is 27.2. The van der Waals surface area contributed by atoms with Crippen LogP contribution in [0, 0.1) is 0 Å². The summed E-state index contributed by atoms with van der Waals surface area (Å²) in [7, 11) is 0. The van der Waals surface area contributed by atoms with Crippen molar-refractivity contribution >= 4 is 22.8 Å². The molecule has 0 amide bonds. The van der Waals surface area contributed by atoms with E-state index in [-0.39, 0.29) is 24.9 Å². The lowest BCUT2D eigenvalue weighted by Gasteiger charge is -2.15. The van der Waals surface area contributed by atoms with Crippen molar-refractivity contribution in [3.63, 3.8) is 0 Å². The number of benzene rings is 1.